The number of pyridine rings is 2. The van der Waals surface area contributed by atoms with Gasteiger partial charge in [-0.1, -0.05) is 80.9 Å². The highest BCUT2D eigenvalue weighted by atomic mass is 35.5. The molecule has 14 heterocycles. The largest absolute Gasteiger partial charge is 0.497 e. The molecule has 16 aromatic rings. The van der Waals surface area contributed by atoms with Gasteiger partial charge in [-0.2, -0.15) is 0 Å². The molecule has 5 aliphatic heterocycles. The van der Waals surface area contributed by atoms with Crippen molar-refractivity contribution in [2.24, 2.45) is 11.8 Å². The number of ether oxygens (including phenoxy) is 2. The van der Waals surface area contributed by atoms with Crippen LogP contribution in [-0.2, 0) is 13.0 Å². The quantitative estimate of drug-likeness (QED) is 0.0874. The third-order valence-electron chi connectivity index (χ3n) is 25.0. The van der Waals surface area contributed by atoms with Gasteiger partial charge >= 0.3 is 0 Å². The van der Waals surface area contributed by atoms with E-state index in [1.165, 1.54) is 18.4 Å². The van der Waals surface area contributed by atoms with Crippen molar-refractivity contribution in [3.63, 3.8) is 0 Å². The fraction of sp³-hybridized carbons (Fsp3) is 0.294. The smallest absolute Gasteiger partial charge is 0.255 e. The van der Waals surface area contributed by atoms with Crippen molar-refractivity contribution < 1.29 is 33.0 Å². The topological polar surface area (TPSA) is 236 Å². The Morgan fingerprint density at radius 3 is 1.59 bits per heavy atom. The molecule has 28 heteroatoms. The molecule has 7 aromatic carbocycles. The summed E-state index contributed by atoms with van der Waals surface area (Å²) in [5.74, 6) is 5.69. The van der Waals surface area contributed by atoms with Gasteiger partial charge in [0.25, 0.3) is 23.6 Å². The van der Waals surface area contributed by atoms with Gasteiger partial charge in [0.05, 0.1) is 72.0 Å². The predicted molar refractivity (Wildman–Crippen MR) is 509 cm³/mol. The highest BCUT2D eigenvalue weighted by Crippen LogP contribution is 2.33. The summed E-state index contributed by atoms with van der Waals surface area (Å²) >= 11 is 12.1. The highest BCUT2D eigenvalue weighted by molar-refractivity contribution is 6.31. The van der Waals surface area contributed by atoms with Gasteiger partial charge in [0.2, 0.25) is 0 Å². The summed E-state index contributed by atoms with van der Waals surface area (Å²) in [5.41, 5.74) is 17.0. The van der Waals surface area contributed by atoms with Crippen molar-refractivity contribution in [3.05, 3.63) is 300 Å². The molecule has 5 saturated heterocycles. The lowest BCUT2D eigenvalue weighted by atomic mass is 9.98. The first kappa shape index (κ1) is 88.2. The second-order valence-corrected chi connectivity index (χ2v) is 34.7. The van der Waals surface area contributed by atoms with E-state index in [1.807, 2.05) is 208 Å². The Morgan fingerprint density at radius 2 is 1.02 bits per heavy atom. The number of fused-ring (bicyclic) bond motifs is 5. The summed E-state index contributed by atoms with van der Waals surface area (Å²) in [7, 11) is 3.32. The summed E-state index contributed by atoms with van der Waals surface area (Å²) in [6.45, 7) is 21.4. The van der Waals surface area contributed by atoms with E-state index in [0.717, 1.165) is 238 Å². The van der Waals surface area contributed by atoms with Gasteiger partial charge in [-0.25, -0.2) is 39.3 Å². The van der Waals surface area contributed by atoms with E-state index in [0.29, 0.717) is 40.6 Å². The average Bonchev–Trinajstić information content (AvgIpc) is 1.64. The first-order chi connectivity index (χ1) is 63.3. The number of carbonyl (C=O) groups is 4. The second-order valence-electron chi connectivity index (χ2n) is 33.9. The number of nitrogens with zero attached hydrogens (tertiary/aromatic N) is 19. The average molecular weight is 1780 g/mol. The minimum atomic E-state index is -0.917. The van der Waals surface area contributed by atoms with Crippen LogP contribution in [0.15, 0.2) is 245 Å². The maximum absolute atomic E-state index is 13.3. The molecule has 1 atom stereocenters. The van der Waals surface area contributed by atoms with Crippen molar-refractivity contribution in [3.8, 4) is 40.2 Å². The SMILES string of the molecule is C=C(c1ccc2c(c1)ncn2-c1cccc(Cl)c1)N1CCC1.CCc1nc2cc(C(=O)N3CCC(C)CC3)cnc2n1-c1ccc(OC)cc1.COc1ccc(Cn2cnc(-n3ccc4cc(C(=O)N5CCCCC5)cnc43)c2)cc1.Cc1cn(-c2cnccn2)c2ccc(C(=O)N3CCC(C)CC3)cc12.O=C(c1ccc2c(c1)ncn2-c1cccc(Cl)c1)N1CCC(F)C1. The Balaban J connectivity index is 0.000000114. The third kappa shape index (κ3) is 19.7. The first-order valence-electron chi connectivity index (χ1n) is 44.5. The van der Waals surface area contributed by atoms with E-state index in [9.17, 15) is 23.6 Å². The van der Waals surface area contributed by atoms with Gasteiger partial charge in [-0.15, -0.1) is 0 Å². The Hall–Kier alpha value is -13.9. The van der Waals surface area contributed by atoms with Gasteiger partial charge in [-0.3, -0.25) is 47.0 Å². The molecule has 0 saturated carbocycles. The second kappa shape index (κ2) is 39.8. The lowest BCUT2D eigenvalue weighted by Gasteiger charge is -2.34. The zero-order chi connectivity index (χ0) is 90.1. The molecule has 0 radical (unpaired) electrons. The van der Waals surface area contributed by atoms with Crippen molar-refractivity contribution in [1.29, 1.82) is 0 Å². The zero-order valence-corrected chi connectivity index (χ0v) is 75.4. The maximum Gasteiger partial charge on any atom is 0.255 e. The van der Waals surface area contributed by atoms with Crippen LogP contribution in [0, 0.1) is 18.8 Å². The number of hydrogen-bond acceptors (Lipinski definition) is 15. The first-order valence-corrected chi connectivity index (χ1v) is 45.3. The number of likely N-dealkylation sites (tertiary alicyclic amines) is 5. The van der Waals surface area contributed by atoms with Gasteiger partial charge in [0, 0.05) is 170 Å². The monoisotopic (exact) mass is 1780 g/mol. The van der Waals surface area contributed by atoms with E-state index in [4.69, 9.17) is 37.7 Å². The molecule has 1 unspecified atom stereocenters. The lowest BCUT2D eigenvalue weighted by Crippen LogP contribution is -2.37. The van der Waals surface area contributed by atoms with Crippen molar-refractivity contribution in [2.45, 2.75) is 105 Å². The molecular weight excluding hydrogens is 1680 g/mol. The Morgan fingerprint density at radius 1 is 0.469 bits per heavy atom. The van der Waals surface area contributed by atoms with Gasteiger partial charge < -0.3 is 38.5 Å². The predicted octanol–water partition coefficient (Wildman–Crippen LogP) is 19.6. The summed E-state index contributed by atoms with van der Waals surface area (Å²) in [5, 5.41) is 3.40. The van der Waals surface area contributed by atoms with Crippen LogP contribution < -0.4 is 9.47 Å². The highest BCUT2D eigenvalue weighted by Gasteiger charge is 2.30. The molecule has 0 aliphatic carbocycles. The number of rotatable bonds is 16. The number of aryl methyl sites for hydroxylation is 2. The number of hydrogen-bond donors (Lipinski definition) is 0. The van der Waals surface area contributed by atoms with Crippen LogP contribution in [0.2, 0.25) is 10.0 Å². The van der Waals surface area contributed by atoms with Crippen LogP contribution in [-0.4, -0.2) is 201 Å². The summed E-state index contributed by atoms with van der Waals surface area (Å²) < 4.78 is 35.8. The molecule has 0 N–H and O–H groups in total. The van der Waals surface area contributed by atoms with Crippen molar-refractivity contribution in [2.75, 3.05) is 79.7 Å². The fourth-order valence-electron chi connectivity index (χ4n) is 17.3. The minimum Gasteiger partial charge on any atom is -0.497 e. The number of benzene rings is 7. The van der Waals surface area contributed by atoms with Crippen LogP contribution in [0.1, 0.15) is 143 Å². The molecule has 0 spiro atoms. The van der Waals surface area contributed by atoms with E-state index in [2.05, 4.69) is 96.8 Å². The number of alkyl halides is 1. The van der Waals surface area contributed by atoms with E-state index in [1.54, 1.807) is 68.6 Å². The number of imidazole rings is 4. The minimum absolute atomic E-state index is 0.0540. The summed E-state index contributed by atoms with van der Waals surface area (Å²) in [4.78, 5) is 96.7. The Kier molecular flexibility index (Phi) is 27.0. The molecule has 5 aliphatic rings. The molecule has 5 fully saturated rings. The van der Waals surface area contributed by atoms with Crippen LogP contribution in [0.3, 0.4) is 0 Å². The Labute approximate surface area is 764 Å². The lowest BCUT2D eigenvalue weighted by molar-refractivity contribution is 0.0689. The Bertz CT molecular complexity index is 6750. The zero-order valence-electron chi connectivity index (χ0n) is 73.9. The van der Waals surface area contributed by atoms with E-state index < -0.39 is 6.17 Å². The van der Waals surface area contributed by atoms with Crippen LogP contribution >= 0.6 is 23.2 Å². The van der Waals surface area contributed by atoms with Crippen molar-refractivity contribution in [1.82, 2.24) is 91.8 Å². The number of carbonyl (C=O) groups excluding carboxylic acids is 4. The number of amides is 4. The molecule has 130 heavy (non-hydrogen) atoms. The molecule has 25 nitrogen and oxygen atoms in total. The molecule has 664 valence electrons. The molecule has 9 aromatic heterocycles. The van der Waals surface area contributed by atoms with Crippen molar-refractivity contribution >= 4 is 108 Å². The van der Waals surface area contributed by atoms with Gasteiger partial charge in [0.15, 0.2) is 17.3 Å². The fourth-order valence-corrected chi connectivity index (χ4v) is 17.6. The molecule has 0 bridgehead atoms. The van der Waals surface area contributed by atoms with Gasteiger partial charge in [-0.05, 0) is 233 Å². The third-order valence-corrected chi connectivity index (χ3v) is 25.4. The van der Waals surface area contributed by atoms with Crippen LogP contribution in [0.4, 0.5) is 4.39 Å². The number of aromatic nitrogens is 14. The number of methoxy groups -OCH3 is 2. The number of piperidine rings is 3. The number of halogens is 3. The summed E-state index contributed by atoms with van der Waals surface area (Å²) in [6.07, 6.45) is 29.0. The van der Waals surface area contributed by atoms with Crippen LogP contribution in [0.25, 0.3) is 89.6 Å². The standard InChI is InChI=1S/C24H25N5O2.C22H26N4O2.C20H22N4O.C18H15ClFN3O.C18H16ClN3/c1-31-21-7-5-18(6-8-21)15-27-16-22(26-17-27)29-12-9-19-13-20(14-25-23(19)29)24(30)28-10-3-2-4-11-28;1-4-20-24-19-13-16(22(27)25-11-9-15(2)10-12-25)14-23-21(19)26(20)17-5-7-18(28-3)8-6-17;1-14-5-9-23(10-6-14)20(25)16-3-4-18-17(11-16)15(2)13-24(18)19-12-21-7-8-22-19;19-13-2-1-3-15(9-13)23-11-21-16-8-12(4-5-17(16)23)18(24)22-7-6-14(20)10-22;1-13(21-8-3-9-21)14-6-7-18-17(10-14)20-12-22(18)16-5-2-4-15(19)11-16/h5-9,12-14,16-17H,2-4,10-11,15H2,1H3;5-8,13-15H,4,9-12H2,1-3H3;3-4,7-8,11-14H,5-6,9-10H2,1-2H3;1-5,8-9,11,14H,6-7,10H2;2,4-7,10-12H,1,3,8-9H2. The summed E-state index contributed by atoms with van der Waals surface area (Å²) in [6, 6.07) is 54.6. The molecular formula is C102H104Cl2FN19O6. The van der Waals surface area contributed by atoms with Gasteiger partial charge in [0.1, 0.15) is 47.3 Å². The normalized spacial score (nSPS) is 15.3. The molecule has 4 amide bonds. The van der Waals surface area contributed by atoms with Crippen LogP contribution in [0.5, 0.6) is 11.5 Å². The maximum atomic E-state index is 13.3. The molecule has 21 rings (SSSR count). The van der Waals surface area contributed by atoms with E-state index >= 15 is 0 Å². The van der Waals surface area contributed by atoms with E-state index in [-0.39, 0.29) is 30.2 Å².